The van der Waals surface area contributed by atoms with Crippen LogP contribution in [0.1, 0.15) is 61.3 Å². The Morgan fingerprint density at radius 3 is 2.51 bits per heavy atom. The number of hydrogen-bond donors (Lipinski definition) is 2. The van der Waals surface area contributed by atoms with E-state index < -0.39 is 35.3 Å². The molecule has 0 spiro atoms. The summed E-state index contributed by atoms with van der Waals surface area (Å²) in [5.74, 6) is -1.31. The van der Waals surface area contributed by atoms with Gasteiger partial charge in [-0.15, -0.1) is 11.3 Å². The number of fused-ring (bicyclic) bond motifs is 2. The molecule has 1 saturated heterocycles. The van der Waals surface area contributed by atoms with Gasteiger partial charge >= 0.3 is 0 Å². The Kier molecular flexibility index (Phi) is 9.45. The summed E-state index contributed by atoms with van der Waals surface area (Å²) in [5, 5.41) is 6.48. The second kappa shape index (κ2) is 13.6. The molecule has 0 radical (unpaired) electrons. The maximum atomic E-state index is 13.4. The summed E-state index contributed by atoms with van der Waals surface area (Å²) >= 11 is 1.64. The molecule has 256 valence electrons. The van der Waals surface area contributed by atoms with Crippen molar-refractivity contribution in [2.24, 2.45) is 5.92 Å². The Bertz CT molecular complexity index is 1920. The molecule has 11 nitrogen and oxygen atoms in total. The lowest BCUT2D eigenvalue weighted by atomic mass is 10.0. The number of ether oxygens (including phenoxy) is 2. The van der Waals surface area contributed by atoms with E-state index >= 15 is 0 Å². The van der Waals surface area contributed by atoms with Crippen molar-refractivity contribution in [3.8, 4) is 16.3 Å². The summed E-state index contributed by atoms with van der Waals surface area (Å²) in [7, 11) is 4.04. The lowest BCUT2D eigenvalue weighted by Gasteiger charge is -2.30. The fourth-order valence-electron chi connectivity index (χ4n) is 5.85. The monoisotopic (exact) mass is 683 g/mol. The minimum absolute atomic E-state index is 0.0597. The average Bonchev–Trinajstić information content (AvgIpc) is 3.61. The zero-order valence-electron chi connectivity index (χ0n) is 28.5. The van der Waals surface area contributed by atoms with E-state index in [1.54, 1.807) is 29.5 Å². The molecule has 2 aliphatic rings. The van der Waals surface area contributed by atoms with E-state index in [9.17, 15) is 19.2 Å². The first kappa shape index (κ1) is 34.1. The molecule has 0 saturated carbocycles. The molecule has 1 aromatic heterocycles. The van der Waals surface area contributed by atoms with Gasteiger partial charge in [-0.1, -0.05) is 13.0 Å². The minimum atomic E-state index is -1.02. The molecule has 49 heavy (non-hydrogen) atoms. The van der Waals surface area contributed by atoms with Crippen molar-refractivity contribution in [1.29, 1.82) is 0 Å². The highest BCUT2D eigenvalue weighted by molar-refractivity contribution is 7.21. The van der Waals surface area contributed by atoms with Crippen LogP contribution in [0.4, 0.5) is 11.4 Å². The molecule has 2 N–H and O–H groups in total. The molecule has 0 bridgehead atoms. The molecule has 4 aromatic rings. The Morgan fingerprint density at radius 2 is 1.80 bits per heavy atom. The first-order chi connectivity index (χ1) is 23.3. The molecular weight excluding hydrogens is 643 g/mol. The highest BCUT2D eigenvalue weighted by Crippen LogP contribution is 2.35. The lowest BCUT2D eigenvalue weighted by molar-refractivity contribution is -0.136. The standard InChI is InChI=1S/C37H41N5O6S/c1-21(22(2)48-25-14-15-27-30(18-25)49-34(39-27)23-10-12-24(13-11-23)41(5)6)19-47-37(3,4)20-38-28-9-7-8-26-32(28)36(46)42(35(26)45)29-16-17-31(43)40-33(29)44/h7-15,18,21-22,29,38H,16-17,19-20H2,1-6H3,(H,40,43,44). The van der Waals surface area contributed by atoms with Gasteiger partial charge in [-0.2, -0.15) is 0 Å². The van der Waals surface area contributed by atoms with Gasteiger partial charge in [-0.05, 0) is 81.8 Å². The number of rotatable bonds is 12. The fraction of sp³-hybridized carbons (Fsp3) is 0.378. The van der Waals surface area contributed by atoms with Crippen LogP contribution in [0.15, 0.2) is 60.7 Å². The summed E-state index contributed by atoms with van der Waals surface area (Å²) in [6, 6.07) is 18.3. The van der Waals surface area contributed by atoms with Gasteiger partial charge in [0.15, 0.2) is 0 Å². The second-order valence-electron chi connectivity index (χ2n) is 13.5. The SMILES string of the molecule is CC(COC(C)(C)CNc1cccc2c1C(=O)N(C1CCC(=O)NC1=O)C2=O)C(C)Oc1ccc2nc(-c3ccc(N(C)C)cc3)sc2c1. The van der Waals surface area contributed by atoms with E-state index in [2.05, 4.69) is 46.7 Å². The quantitative estimate of drug-likeness (QED) is 0.180. The summed E-state index contributed by atoms with van der Waals surface area (Å²) in [6.07, 6.45) is 0.0388. The number of thiazole rings is 1. The average molecular weight is 684 g/mol. The van der Waals surface area contributed by atoms with E-state index in [1.807, 2.05) is 53.1 Å². The third-order valence-corrected chi connectivity index (χ3v) is 10.1. The third-order valence-electron chi connectivity index (χ3n) is 9.02. The van der Waals surface area contributed by atoms with Crippen LogP contribution in [0.3, 0.4) is 0 Å². The Morgan fingerprint density at radius 1 is 1.04 bits per heavy atom. The van der Waals surface area contributed by atoms with Crippen molar-refractivity contribution in [2.75, 3.05) is 37.5 Å². The highest BCUT2D eigenvalue weighted by Gasteiger charge is 2.45. The van der Waals surface area contributed by atoms with Crippen LogP contribution in [0.2, 0.25) is 0 Å². The minimum Gasteiger partial charge on any atom is -0.490 e. The van der Waals surface area contributed by atoms with Crippen LogP contribution in [-0.4, -0.2) is 78.5 Å². The molecule has 4 amide bonds. The molecule has 6 rings (SSSR count). The molecule has 3 aromatic carbocycles. The number of nitrogens with one attached hydrogen (secondary N) is 2. The van der Waals surface area contributed by atoms with Gasteiger partial charge in [-0.3, -0.25) is 29.4 Å². The predicted molar refractivity (Wildman–Crippen MR) is 190 cm³/mol. The van der Waals surface area contributed by atoms with Gasteiger partial charge in [-0.25, -0.2) is 4.98 Å². The normalized spacial score (nSPS) is 17.6. The van der Waals surface area contributed by atoms with Gasteiger partial charge in [0.05, 0.1) is 33.6 Å². The molecule has 0 aliphatic carbocycles. The van der Waals surface area contributed by atoms with Crippen LogP contribution >= 0.6 is 11.3 Å². The number of hydrogen-bond acceptors (Lipinski definition) is 10. The Hall–Kier alpha value is -4.81. The van der Waals surface area contributed by atoms with Crippen LogP contribution in [0.5, 0.6) is 5.75 Å². The molecule has 3 unspecified atom stereocenters. The third kappa shape index (κ3) is 7.16. The largest absolute Gasteiger partial charge is 0.490 e. The number of amides is 4. The van der Waals surface area contributed by atoms with Gasteiger partial charge < -0.3 is 19.7 Å². The molecule has 12 heteroatoms. The molecule has 2 aliphatic heterocycles. The Balaban J connectivity index is 1.04. The van der Waals surface area contributed by atoms with E-state index in [4.69, 9.17) is 14.5 Å². The van der Waals surface area contributed by atoms with Gasteiger partial charge in [0.25, 0.3) is 11.8 Å². The molecule has 1 fully saturated rings. The number of carbonyl (C=O) groups excluding carboxylic acids is 4. The number of nitrogens with zero attached hydrogens (tertiary/aromatic N) is 3. The van der Waals surface area contributed by atoms with Crippen LogP contribution in [-0.2, 0) is 14.3 Å². The van der Waals surface area contributed by atoms with E-state index in [1.165, 1.54) is 0 Å². The maximum absolute atomic E-state index is 13.4. The fourth-order valence-corrected chi connectivity index (χ4v) is 6.85. The first-order valence-corrected chi connectivity index (χ1v) is 17.2. The predicted octanol–water partition coefficient (Wildman–Crippen LogP) is 5.74. The van der Waals surface area contributed by atoms with Crippen LogP contribution in [0, 0.1) is 5.92 Å². The number of aromatic nitrogens is 1. The summed E-state index contributed by atoms with van der Waals surface area (Å²) < 4.78 is 13.7. The zero-order valence-corrected chi connectivity index (χ0v) is 29.3. The van der Waals surface area contributed by atoms with Crippen LogP contribution in [0.25, 0.3) is 20.8 Å². The molecule has 3 atom stereocenters. The van der Waals surface area contributed by atoms with Gasteiger partial charge in [0.1, 0.15) is 22.9 Å². The maximum Gasteiger partial charge on any atom is 0.264 e. The van der Waals surface area contributed by atoms with Crippen LogP contribution < -0.4 is 20.3 Å². The number of imide groups is 2. The zero-order chi connectivity index (χ0) is 35.0. The van der Waals surface area contributed by atoms with Crippen molar-refractivity contribution in [1.82, 2.24) is 15.2 Å². The summed E-state index contributed by atoms with van der Waals surface area (Å²) in [5.41, 5.74) is 3.45. The molecule has 3 heterocycles. The van der Waals surface area contributed by atoms with Gasteiger partial charge in [0.2, 0.25) is 11.8 Å². The first-order valence-electron chi connectivity index (χ1n) is 16.4. The highest BCUT2D eigenvalue weighted by atomic mass is 32.1. The molecular formula is C37H41N5O6S. The number of piperidine rings is 1. The van der Waals surface area contributed by atoms with E-state index in [0.717, 1.165) is 37.1 Å². The van der Waals surface area contributed by atoms with Crippen molar-refractivity contribution < 1.29 is 28.7 Å². The number of benzene rings is 3. The van der Waals surface area contributed by atoms with E-state index in [-0.39, 0.29) is 36.0 Å². The topological polar surface area (TPSA) is 130 Å². The lowest BCUT2D eigenvalue weighted by Crippen LogP contribution is -2.54. The summed E-state index contributed by atoms with van der Waals surface area (Å²) in [6.45, 7) is 8.79. The van der Waals surface area contributed by atoms with Crippen molar-refractivity contribution >= 4 is 56.6 Å². The van der Waals surface area contributed by atoms with Crippen molar-refractivity contribution in [3.05, 3.63) is 71.8 Å². The summed E-state index contributed by atoms with van der Waals surface area (Å²) in [4.78, 5) is 58.6. The van der Waals surface area contributed by atoms with Crippen molar-refractivity contribution in [3.63, 3.8) is 0 Å². The second-order valence-corrected chi connectivity index (χ2v) is 14.5. The van der Waals surface area contributed by atoms with Crippen molar-refractivity contribution in [2.45, 2.75) is 58.3 Å². The number of anilines is 2. The van der Waals surface area contributed by atoms with Gasteiger partial charge in [0, 0.05) is 49.9 Å². The van der Waals surface area contributed by atoms with E-state index in [0.29, 0.717) is 18.8 Å². The smallest absolute Gasteiger partial charge is 0.264 e. The number of carbonyl (C=O) groups is 4. The Labute approximate surface area is 289 Å².